The minimum atomic E-state index is -3.15. The number of rotatable bonds is 4. The van der Waals surface area contributed by atoms with Gasteiger partial charge in [0, 0.05) is 44.5 Å². The van der Waals surface area contributed by atoms with E-state index in [2.05, 4.69) is 9.88 Å². The molecule has 3 fully saturated rings. The van der Waals surface area contributed by atoms with E-state index < -0.39 is 20.4 Å². The van der Waals surface area contributed by atoms with Crippen molar-refractivity contribution in [3.05, 3.63) is 24.1 Å². The molecule has 0 amide bonds. The third kappa shape index (κ3) is 2.94. The largest absolute Gasteiger partial charge is 0.475 e. The zero-order valence-electron chi connectivity index (χ0n) is 14.1. The van der Waals surface area contributed by atoms with Gasteiger partial charge in [-0.05, 0) is 31.4 Å². The predicted octanol–water partition coefficient (Wildman–Crippen LogP) is 1.27. The van der Waals surface area contributed by atoms with Gasteiger partial charge in [0.15, 0.2) is 15.7 Å². The zero-order valence-corrected chi connectivity index (χ0v) is 14.9. The Morgan fingerprint density at radius 2 is 2.08 bits per heavy atom. The Bertz CT molecular complexity index is 730. The van der Waals surface area contributed by atoms with Gasteiger partial charge in [-0.2, -0.15) is 0 Å². The van der Waals surface area contributed by atoms with Crippen LogP contribution in [-0.4, -0.2) is 67.8 Å². The summed E-state index contributed by atoms with van der Waals surface area (Å²) < 4.78 is 49.2. The number of sulfone groups is 1. The lowest BCUT2D eigenvalue weighted by Gasteiger charge is -2.53. The van der Waals surface area contributed by atoms with Crippen LogP contribution in [0.4, 0.5) is 4.39 Å². The van der Waals surface area contributed by atoms with Gasteiger partial charge < -0.3 is 9.47 Å². The summed E-state index contributed by atoms with van der Waals surface area (Å²) >= 11 is 0. The maximum absolute atomic E-state index is 13.7. The van der Waals surface area contributed by atoms with E-state index in [1.54, 1.807) is 0 Å². The third-order valence-corrected chi connectivity index (χ3v) is 8.50. The fourth-order valence-electron chi connectivity index (χ4n) is 4.31. The Hall–Kier alpha value is -1.25. The molecular weight excluding hydrogens is 347 g/mol. The Morgan fingerprint density at radius 1 is 1.32 bits per heavy atom. The monoisotopic (exact) mass is 370 g/mol. The van der Waals surface area contributed by atoms with Gasteiger partial charge in [0.1, 0.15) is 4.75 Å². The van der Waals surface area contributed by atoms with E-state index in [1.807, 2.05) is 0 Å². The summed E-state index contributed by atoms with van der Waals surface area (Å²) in [6, 6.07) is 3.20. The zero-order chi connectivity index (χ0) is 17.5. The van der Waals surface area contributed by atoms with Crippen LogP contribution in [0.5, 0.6) is 5.88 Å². The van der Waals surface area contributed by atoms with Gasteiger partial charge in [-0.3, -0.25) is 4.90 Å². The third-order valence-electron chi connectivity index (χ3n) is 5.89. The van der Waals surface area contributed by atoms with Crippen LogP contribution in [0.3, 0.4) is 0 Å². The molecule has 4 rings (SSSR count). The molecule has 1 aromatic rings. The molecule has 25 heavy (non-hydrogen) atoms. The van der Waals surface area contributed by atoms with Crippen LogP contribution in [0.2, 0.25) is 0 Å². The smallest absolute Gasteiger partial charge is 0.250 e. The predicted molar refractivity (Wildman–Crippen MR) is 89.7 cm³/mol. The first-order valence-corrected chi connectivity index (χ1v) is 10.4. The first kappa shape index (κ1) is 17.2. The van der Waals surface area contributed by atoms with Gasteiger partial charge in [0.25, 0.3) is 0 Å². The van der Waals surface area contributed by atoms with Crippen molar-refractivity contribution < 1.29 is 22.3 Å². The molecule has 0 aromatic carbocycles. The molecule has 0 aliphatic carbocycles. The Morgan fingerprint density at radius 3 is 2.80 bits per heavy atom. The molecule has 8 heteroatoms. The Kier molecular flexibility index (Phi) is 4.45. The maximum atomic E-state index is 13.7. The van der Waals surface area contributed by atoms with E-state index in [0.717, 1.165) is 26.1 Å². The summed E-state index contributed by atoms with van der Waals surface area (Å²) in [6.07, 6.45) is 3.95. The molecule has 3 aliphatic rings. The summed E-state index contributed by atoms with van der Waals surface area (Å²) in [5.41, 5.74) is 0. The molecule has 1 aromatic heterocycles. The highest BCUT2D eigenvalue weighted by atomic mass is 32.2. The van der Waals surface area contributed by atoms with Crippen molar-refractivity contribution in [1.29, 1.82) is 0 Å². The second kappa shape index (κ2) is 6.48. The fraction of sp³-hybridized carbons (Fsp3) is 0.706. The molecule has 138 valence electrons. The van der Waals surface area contributed by atoms with Crippen molar-refractivity contribution in [2.24, 2.45) is 5.92 Å². The highest BCUT2D eigenvalue weighted by Gasteiger charge is 2.62. The van der Waals surface area contributed by atoms with Crippen molar-refractivity contribution in [2.75, 3.05) is 38.7 Å². The van der Waals surface area contributed by atoms with E-state index in [1.165, 1.54) is 18.3 Å². The van der Waals surface area contributed by atoms with Crippen molar-refractivity contribution in [3.8, 4) is 5.88 Å². The van der Waals surface area contributed by atoms with Crippen LogP contribution in [0.1, 0.15) is 19.3 Å². The quantitative estimate of drug-likeness (QED) is 0.795. The van der Waals surface area contributed by atoms with Crippen LogP contribution >= 0.6 is 0 Å². The van der Waals surface area contributed by atoms with E-state index in [-0.39, 0.29) is 24.2 Å². The minimum absolute atomic E-state index is 0.0532. The van der Waals surface area contributed by atoms with E-state index >= 15 is 0 Å². The van der Waals surface area contributed by atoms with Crippen molar-refractivity contribution >= 4 is 9.84 Å². The topological polar surface area (TPSA) is 68.7 Å². The second-order valence-corrected chi connectivity index (χ2v) is 9.67. The highest BCUT2D eigenvalue weighted by molar-refractivity contribution is 7.93. The summed E-state index contributed by atoms with van der Waals surface area (Å²) in [6.45, 7) is 2.78. The van der Waals surface area contributed by atoms with E-state index in [9.17, 15) is 12.8 Å². The number of likely N-dealkylation sites (tertiary alicyclic amines) is 1. The van der Waals surface area contributed by atoms with Crippen LogP contribution in [0, 0.1) is 11.7 Å². The molecule has 0 radical (unpaired) electrons. The molecule has 3 saturated heterocycles. The van der Waals surface area contributed by atoms with Gasteiger partial charge in [0.2, 0.25) is 5.88 Å². The molecule has 0 N–H and O–H groups in total. The number of aromatic nitrogens is 1. The molecule has 0 saturated carbocycles. The fourth-order valence-corrected chi connectivity index (χ4v) is 6.73. The van der Waals surface area contributed by atoms with Gasteiger partial charge in [0.05, 0.1) is 12.4 Å². The molecular formula is C17H23FN2O4S. The van der Waals surface area contributed by atoms with Gasteiger partial charge in [-0.1, -0.05) is 0 Å². The van der Waals surface area contributed by atoms with Gasteiger partial charge >= 0.3 is 0 Å². The van der Waals surface area contributed by atoms with Gasteiger partial charge in [-0.15, -0.1) is 0 Å². The summed E-state index contributed by atoms with van der Waals surface area (Å²) in [7, 11) is -3.15. The van der Waals surface area contributed by atoms with Crippen LogP contribution in [0.25, 0.3) is 0 Å². The first-order chi connectivity index (χ1) is 12.0. The number of nitrogens with zero attached hydrogens (tertiary/aromatic N) is 2. The minimum Gasteiger partial charge on any atom is -0.475 e. The molecule has 3 aliphatic heterocycles. The number of pyridine rings is 1. The van der Waals surface area contributed by atoms with Crippen LogP contribution in [0.15, 0.2) is 18.3 Å². The second-order valence-electron chi connectivity index (χ2n) is 7.22. The van der Waals surface area contributed by atoms with Gasteiger partial charge in [-0.25, -0.2) is 17.8 Å². The average Bonchev–Trinajstić information content (AvgIpc) is 2.84. The number of ether oxygens (including phenoxy) is 2. The summed E-state index contributed by atoms with van der Waals surface area (Å²) in [4.78, 5) is 6.15. The molecule has 0 bridgehead atoms. The van der Waals surface area contributed by atoms with Crippen LogP contribution < -0.4 is 4.74 Å². The normalized spacial score (nSPS) is 28.8. The molecule has 6 nitrogen and oxygen atoms in total. The Balaban J connectivity index is 1.44. The number of halogens is 1. The number of hydrogen-bond donors (Lipinski definition) is 0. The lowest BCUT2D eigenvalue weighted by molar-refractivity contribution is -0.0227. The molecule has 0 unspecified atom stereocenters. The maximum Gasteiger partial charge on any atom is 0.250 e. The molecule has 1 spiro atoms. The van der Waals surface area contributed by atoms with E-state index in [0.29, 0.717) is 25.6 Å². The summed E-state index contributed by atoms with van der Waals surface area (Å²) in [5, 5.41) is 0. The summed E-state index contributed by atoms with van der Waals surface area (Å²) in [5.74, 6) is -0.500. The number of hydrogen-bond acceptors (Lipinski definition) is 6. The Labute approximate surface area is 147 Å². The first-order valence-electron chi connectivity index (χ1n) is 8.79. The lowest BCUT2D eigenvalue weighted by Crippen LogP contribution is -2.70. The van der Waals surface area contributed by atoms with Crippen molar-refractivity contribution in [3.63, 3.8) is 0 Å². The highest BCUT2D eigenvalue weighted by Crippen LogP contribution is 2.46. The standard InChI is InChI=1S/C17H23FN2O4S/c18-15-2-1-6-19-16(15)24-10-13-5-9-25(21,22)17(13)11-20(12-17)14-3-7-23-8-4-14/h1-2,6,13-14H,3-5,7-12H2/t13-/m1/s1. The lowest BCUT2D eigenvalue weighted by atomic mass is 9.82. The van der Waals surface area contributed by atoms with Crippen molar-refractivity contribution in [1.82, 2.24) is 9.88 Å². The van der Waals surface area contributed by atoms with E-state index in [4.69, 9.17) is 9.47 Å². The average molecular weight is 370 g/mol. The van der Waals surface area contributed by atoms with Crippen LogP contribution in [-0.2, 0) is 14.6 Å². The molecule has 1 atom stereocenters. The van der Waals surface area contributed by atoms with Crippen molar-refractivity contribution in [2.45, 2.75) is 30.1 Å². The SMILES string of the molecule is O=S1(=O)CC[C@H](COc2ncccc2F)C12CN(C1CCOCC1)C2. The molecule has 4 heterocycles.